The van der Waals surface area contributed by atoms with E-state index in [1.165, 1.54) is 13.2 Å². The summed E-state index contributed by atoms with van der Waals surface area (Å²) in [6.45, 7) is 2.94. The van der Waals surface area contributed by atoms with E-state index in [4.69, 9.17) is 21.7 Å². The van der Waals surface area contributed by atoms with Crippen molar-refractivity contribution in [2.24, 2.45) is 0 Å². The van der Waals surface area contributed by atoms with Crippen LogP contribution in [0.1, 0.15) is 12.0 Å². The quantitative estimate of drug-likeness (QED) is 0.495. The first kappa shape index (κ1) is 20.6. The third-order valence-electron chi connectivity index (χ3n) is 3.94. The van der Waals surface area contributed by atoms with Crippen molar-refractivity contribution in [2.75, 3.05) is 46.5 Å². The van der Waals surface area contributed by atoms with E-state index in [2.05, 4.69) is 20.3 Å². The normalized spacial score (nSPS) is 14.9. The molecular formula is C17H25F2N3O3S. The van der Waals surface area contributed by atoms with Crippen LogP contribution in [0.25, 0.3) is 0 Å². The van der Waals surface area contributed by atoms with Crippen molar-refractivity contribution in [2.45, 2.75) is 19.6 Å². The van der Waals surface area contributed by atoms with Crippen LogP contribution in [0.5, 0.6) is 11.5 Å². The van der Waals surface area contributed by atoms with Crippen LogP contribution in [-0.4, -0.2) is 63.1 Å². The number of rotatable bonds is 9. The number of thiocarbonyl (C=S) groups is 1. The molecule has 0 atom stereocenters. The number of hydrogen-bond acceptors (Lipinski definition) is 5. The summed E-state index contributed by atoms with van der Waals surface area (Å²) in [5.41, 5.74) is 0.848. The number of methoxy groups -OCH3 is 1. The maximum atomic E-state index is 12.3. The third-order valence-corrected chi connectivity index (χ3v) is 4.23. The predicted octanol–water partition coefficient (Wildman–Crippen LogP) is 1.98. The van der Waals surface area contributed by atoms with E-state index in [0.717, 1.165) is 51.4 Å². The van der Waals surface area contributed by atoms with Gasteiger partial charge in [-0.05, 0) is 42.9 Å². The van der Waals surface area contributed by atoms with E-state index >= 15 is 0 Å². The van der Waals surface area contributed by atoms with Gasteiger partial charge in [0.2, 0.25) is 0 Å². The number of ether oxygens (including phenoxy) is 3. The fourth-order valence-corrected chi connectivity index (χ4v) is 2.76. The van der Waals surface area contributed by atoms with Crippen LogP contribution < -0.4 is 20.1 Å². The summed E-state index contributed by atoms with van der Waals surface area (Å²) in [4.78, 5) is 2.37. The fourth-order valence-electron chi connectivity index (χ4n) is 2.59. The van der Waals surface area contributed by atoms with Gasteiger partial charge in [0.25, 0.3) is 0 Å². The molecule has 1 heterocycles. The lowest BCUT2D eigenvalue weighted by Gasteiger charge is -2.26. The smallest absolute Gasteiger partial charge is 0.387 e. The Labute approximate surface area is 157 Å². The van der Waals surface area contributed by atoms with Gasteiger partial charge in [-0.2, -0.15) is 8.78 Å². The van der Waals surface area contributed by atoms with Crippen LogP contribution in [0.15, 0.2) is 18.2 Å². The zero-order chi connectivity index (χ0) is 18.8. The Morgan fingerprint density at radius 3 is 2.73 bits per heavy atom. The summed E-state index contributed by atoms with van der Waals surface area (Å²) in [5.74, 6) is 0.268. The van der Waals surface area contributed by atoms with Gasteiger partial charge in [-0.15, -0.1) is 0 Å². The summed E-state index contributed by atoms with van der Waals surface area (Å²) in [7, 11) is 1.41. The zero-order valence-electron chi connectivity index (χ0n) is 14.8. The summed E-state index contributed by atoms with van der Waals surface area (Å²) < 4.78 is 39.5. The lowest BCUT2D eigenvalue weighted by atomic mass is 10.2. The number of benzene rings is 1. The predicted molar refractivity (Wildman–Crippen MR) is 98.9 cm³/mol. The topological polar surface area (TPSA) is 55.0 Å². The first-order valence-electron chi connectivity index (χ1n) is 8.52. The van der Waals surface area contributed by atoms with E-state index < -0.39 is 6.61 Å². The lowest BCUT2D eigenvalue weighted by Crippen LogP contribution is -2.39. The molecule has 0 unspecified atom stereocenters. The van der Waals surface area contributed by atoms with Gasteiger partial charge in [-0.3, -0.25) is 4.90 Å². The van der Waals surface area contributed by atoms with Crippen molar-refractivity contribution in [3.63, 3.8) is 0 Å². The van der Waals surface area contributed by atoms with Gasteiger partial charge in [0, 0.05) is 26.2 Å². The highest BCUT2D eigenvalue weighted by molar-refractivity contribution is 7.80. The first-order chi connectivity index (χ1) is 12.6. The molecule has 6 nitrogen and oxygen atoms in total. The van der Waals surface area contributed by atoms with E-state index in [0.29, 0.717) is 11.7 Å². The Morgan fingerprint density at radius 1 is 1.27 bits per heavy atom. The molecule has 2 N–H and O–H groups in total. The van der Waals surface area contributed by atoms with Crippen LogP contribution in [0, 0.1) is 0 Å². The standard InChI is InChI=1S/C17H25F2N3O3S/c1-23-15-11-13(3-4-14(15)25-16(18)19)12-21-17(26)20-5-2-6-22-7-9-24-10-8-22/h3-4,11,16H,2,5-10,12H2,1H3,(H2,20,21,26). The minimum atomic E-state index is -2.89. The fraction of sp³-hybridized carbons (Fsp3) is 0.588. The van der Waals surface area contributed by atoms with Gasteiger partial charge < -0.3 is 24.8 Å². The van der Waals surface area contributed by atoms with Crippen molar-refractivity contribution in [1.29, 1.82) is 0 Å². The maximum absolute atomic E-state index is 12.3. The number of alkyl halides is 2. The minimum Gasteiger partial charge on any atom is -0.493 e. The second-order valence-corrected chi connectivity index (χ2v) is 6.19. The second kappa shape index (κ2) is 11.1. The second-order valence-electron chi connectivity index (χ2n) is 5.78. The number of halogens is 2. The maximum Gasteiger partial charge on any atom is 0.387 e. The summed E-state index contributed by atoms with van der Waals surface area (Å²) in [6, 6.07) is 4.79. The molecule has 0 aromatic heterocycles. The van der Waals surface area contributed by atoms with Crippen LogP contribution in [-0.2, 0) is 11.3 Å². The molecule has 1 saturated heterocycles. The largest absolute Gasteiger partial charge is 0.493 e. The van der Waals surface area contributed by atoms with Gasteiger partial charge in [-0.25, -0.2) is 0 Å². The summed E-state index contributed by atoms with van der Waals surface area (Å²) >= 11 is 5.26. The highest BCUT2D eigenvalue weighted by Gasteiger charge is 2.11. The molecule has 0 aliphatic carbocycles. The molecule has 0 spiro atoms. The average Bonchev–Trinajstić information content (AvgIpc) is 2.65. The molecule has 1 aromatic rings. The number of nitrogens with one attached hydrogen (secondary N) is 2. The van der Waals surface area contributed by atoms with Crippen LogP contribution in [0.3, 0.4) is 0 Å². The monoisotopic (exact) mass is 389 g/mol. The molecule has 2 rings (SSSR count). The molecule has 0 bridgehead atoms. The molecular weight excluding hydrogens is 364 g/mol. The minimum absolute atomic E-state index is 0.00932. The van der Waals surface area contributed by atoms with Gasteiger partial charge in [-0.1, -0.05) is 6.07 Å². The van der Waals surface area contributed by atoms with Gasteiger partial charge in [0.15, 0.2) is 16.6 Å². The van der Waals surface area contributed by atoms with Gasteiger partial charge in [0.05, 0.1) is 20.3 Å². The molecule has 26 heavy (non-hydrogen) atoms. The van der Waals surface area contributed by atoms with E-state index in [1.807, 2.05) is 0 Å². The SMILES string of the molecule is COc1cc(CNC(=S)NCCCN2CCOCC2)ccc1OC(F)F. The molecule has 1 aliphatic rings. The number of hydrogen-bond donors (Lipinski definition) is 2. The van der Waals surface area contributed by atoms with Crippen LogP contribution in [0.4, 0.5) is 8.78 Å². The van der Waals surface area contributed by atoms with Crippen molar-refractivity contribution >= 4 is 17.3 Å². The summed E-state index contributed by atoms with van der Waals surface area (Å²) in [5, 5.41) is 6.81. The van der Waals surface area contributed by atoms with Crippen molar-refractivity contribution < 1.29 is 23.0 Å². The lowest BCUT2D eigenvalue weighted by molar-refractivity contribution is -0.0512. The Kier molecular flexibility index (Phi) is 8.79. The van der Waals surface area contributed by atoms with Crippen molar-refractivity contribution in [3.05, 3.63) is 23.8 Å². The highest BCUT2D eigenvalue weighted by atomic mass is 32.1. The molecule has 1 aromatic carbocycles. The van der Waals surface area contributed by atoms with Gasteiger partial charge >= 0.3 is 6.61 Å². The molecule has 0 amide bonds. The summed E-state index contributed by atoms with van der Waals surface area (Å²) in [6.07, 6.45) is 0.995. The average molecular weight is 389 g/mol. The van der Waals surface area contributed by atoms with Crippen LogP contribution in [0.2, 0.25) is 0 Å². The van der Waals surface area contributed by atoms with E-state index in [1.54, 1.807) is 12.1 Å². The Hall–Kier alpha value is -1.71. The molecule has 146 valence electrons. The van der Waals surface area contributed by atoms with Gasteiger partial charge in [0.1, 0.15) is 0 Å². The number of morpholine rings is 1. The van der Waals surface area contributed by atoms with E-state index in [9.17, 15) is 8.78 Å². The Bertz CT molecular complexity index is 572. The molecule has 1 aliphatic heterocycles. The Morgan fingerprint density at radius 2 is 2.04 bits per heavy atom. The molecule has 0 saturated carbocycles. The molecule has 1 fully saturated rings. The van der Waals surface area contributed by atoms with Crippen molar-refractivity contribution in [1.82, 2.24) is 15.5 Å². The van der Waals surface area contributed by atoms with E-state index in [-0.39, 0.29) is 11.5 Å². The Balaban J connectivity index is 1.67. The van der Waals surface area contributed by atoms with Crippen LogP contribution >= 0.6 is 12.2 Å². The first-order valence-corrected chi connectivity index (χ1v) is 8.93. The highest BCUT2D eigenvalue weighted by Crippen LogP contribution is 2.29. The van der Waals surface area contributed by atoms with Crippen molar-refractivity contribution in [3.8, 4) is 11.5 Å². The molecule has 9 heteroatoms. The molecule has 0 radical (unpaired) electrons. The third kappa shape index (κ3) is 7.27. The number of nitrogens with zero attached hydrogens (tertiary/aromatic N) is 1. The zero-order valence-corrected chi connectivity index (χ0v) is 15.6.